The molecule has 0 amide bonds. The Morgan fingerprint density at radius 1 is 1.43 bits per heavy atom. The number of rotatable bonds is 3. The van der Waals surface area contributed by atoms with E-state index in [-0.39, 0.29) is 5.25 Å². The molecule has 3 unspecified atom stereocenters. The summed E-state index contributed by atoms with van der Waals surface area (Å²) >= 11 is 3.75. The summed E-state index contributed by atoms with van der Waals surface area (Å²) in [5.41, 5.74) is 0.979. The summed E-state index contributed by atoms with van der Waals surface area (Å²) < 4.78 is 0. The topological polar surface area (TPSA) is 17.1 Å². The number of Topliss-reactive ketones (excluding diaryl/α,β-unsaturated/α-hetero) is 1. The molecule has 1 aliphatic heterocycles. The van der Waals surface area contributed by atoms with Crippen molar-refractivity contribution in [3.05, 3.63) is 12.2 Å². The van der Waals surface area contributed by atoms with Crippen LogP contribution in [0, 0.1) is 0 Å². The fourth-order valence-electron chi connectivity index (χ4n) is 1.36. The van der Waals surface area contributed by atoms with Gasteiger partial charge in [-0.2, -0.15) is 11.8 Å². The van der Waals surface area contributed by atoms with Gasteiger partial charge in [0.15, 0.2) is 5.78 Å². The molecule has 0 N–H and O–H groups in total. The van der Waals surface area contributed by atoms with Crippen molar-refractivity contribution in [3.63, 3.8) is 0 Å². The van der Waals surface area contributed by atoms with Gasteiger partial charge in [-0.1, -0.05) is 26.0 Å². The normalized spacial score (nSPS) is 32.6. The number of allylic oxidation sites excluding steroid dienone is 1. The molecule has 0 aromatic heterocycles. The minimum absolute atomic E-state index is 0.197. The Balaban J connectivity index is 2.46. The van der Waals surface area contributed by atoms with Gasteiger partial charge in [-0.15, -0.1) is 11.8 Å². The lowest BCUT2D eigenvalue weighted by Crippen LogP contribution is -2.31. The van der Waals surface area contributed by atoms with Crippen LogP contribution in [0.5, 0.6) is 0 Å². The fourth-order valence-corrected chi connectivity index (χ4v) is 4.25. The highest BCUT2D eigenvalue weighted by molar-refractivity contribution is 8.08. The molecule has 0 radical (unpaired) electrons. The van der Waals surface area contributed by atoms with Crippen molar-refractivity contribution in [3.8, 4) is 0 Å². The van der Waals surface area contributed by atoms with Crippen molar-refractivity contribution in [2.24, 2.45) is 0 Å². The van der Waals surface area contributed by atoms with Crippen molar-refractivity contribution < 1.29 is 4.79 Å². The highest BCUT2D eigenvalue weighted by Crippen LogP contribution is 2.36. The van der Waals surface area contributed by atoms with Crippen LogP contribution in [-0.4, -0.2) is 27.3 Å². The molecule has 0 saturated carbocycles. The highest BCUT2D eigenvalue weighted by Gasteiger charge is 2.29. The zero-order chi connectivity index (χ0) is 10.7. The van der Waals surface area contributed by atoms with Gasteiger partial charge in [0.05, 0.1) is 5.25 Å². The van der Waals surface area contributed by atoms with E-state index in [1.165, 1.54) is 0 Å². The second-order valence-corrected chi connectivity index (χ2v) is 6.96. The van der Waals surface area contributed by atoms with E-state index in [0.29, 0.717) is 22.7 Å². The van der Waals surface area contributed by atoms with Crippen LogP contribution in [0.15, 0.2) is 12.2 Å². The first-order chi connectivity index (χ1) is 6.50. The van der Waals surface area contributed by atoms with Gasteiger partial charge in [0.1, 0.15) is 0 Å². The summed E-state index contributed by atoms with van der Waals surface area (Å²) in [7, 11) is 0. The monoisotopic (exact) mass is 230 g/mol. The maximum absolute atomic E-state index is 11.8. The SMILES string of the molecule is C=C(C)CC(=O)C1CSC(C)C(C)S1. The molecular formula is C11H18OS2. The van der Waals surface area contributed by atoms with Crippen molar-refractivity contribution >= 4 is 29.3 Å². The van der Waals surface area contributed by atoms with E-state index in [0.717, 1.165) is 11.3 Å². The van der Waals surface area contributed by atoms with Crippen LogP contribution in [0.3, 0.4) is 0 Å². The van der Waals surface area contributed by atoms with E-state index >= 15 is 0 Å². The van der Waals surface area contributed by atoms with Crippen LogP contribution in [0.4, 0.5) is 0 Å². The minimum Gasteiger partial charge on any atom is -0.298 e. The van der Waals surface area contributed by atoms with Gasteiger partial charge in [-0.25, -0.2) is 0 Å². The van der Waals surface area contributed by atoms with Crippen molar-refractivity contribution in [2.45, 2.75) is 42.9 Å². The molecule has 3 atom stereocenters. The molecule has 1 nitrogen and oxygen atoms in total. The van der Waals surface area contributed by atoms with Crippen LogP contribution in [0.1, 0.15) is 27.2 Å². The van der Waals surface area contributed by atoms with Crippen LogP contribution >= 0.6 is 23.5 Å². The van der Waals surface area contributed by atoms with E-state index in [1.54, 1.807) is 0 Å². The van der Waals surface area contributed by atoms with Gasteiger partial charge in [-0.3, -0.25) is 4.79 Å². The van der Waals surface area contributed by atoms with Gasteiger partial charge in [-0.05, 0) is 6.92 Å². The maximum atomic E-state index is 11.8. The van der Waals surface area contributed by atoms with Crippen molar-refractivity contribution in [2.75, 3.05) is 5.75 Å². The highest BCUT2D eigenvalue weighted by atomic mass is 32.2. The number of hydrogen-bond donors (Lipinski definition) is 0. The summed E-state index contributed by atoms with van der Waals surface area (Å²) in [5, 5.41) is 1.46. The lowest BCUT2D eigenvalue weighted by Gasteiger charge is -2.30. The average Bonchev–Trinajstić information content (AvgIpc) is 2.08. The van der Waals surface area contributed by atoms with E-state index in [2.05, 4.69) is 20.4 Å². The first-order valence-corrected chi connectivity index (χ1v) is 6.94. The Hall–Kier alpha value is 0.110. The summed E-state index contributed by atoms with van der Waals surface area (Å²) in [4.78, 5) is 11.8. The zero-order valence-corrected chi connectivity index (χ0v) is 10.7. The van der Waals surface area contributed by atoms with Crippen molar-refractivity contribution in [1.29, 1.82) is 0 Å². The second kappa shape index (κ2) is 5.26. The number of carbonyl (C=O) groups excluding carboxylic acids is 1. The van der Waals surface area contributed by atoms with Gasteiger partial charge in [0, 0.05) is 22.7 Å². The smallest absolute Gasteiger partial charge is 0.150 e. The number of thioether (sulfide) groups is 2. The Bertz CT molecular complexity index is 237. The molecule has 1 saturated heterocycles. The van der Waals surface area contributed by atoms with E-state index in [1.807, 2.05) is 30.4 Å². The maximum Gasteiger partial charge on any atom is 0.150 e. The lowest BCUT2D eigenvalue weighted by molar-refractivity contribution is -0.117. The Morgan fingerprint density at radius 2 is 2.07 bits per heavy atom. The summed E-state index contributed by atoms with van der Waals surface area (Å²) in [6.07, 6.45) is 0.555. The molecular weight excluding hydrogens is 212 g/mol. The Morgan fingerprint density at radius 3 is 2.57 bits per heavy atom. The Labute approximate surface area is 95.1 Å². The predicted octanol–water partition coefficient (Wildman–Crippen LogP) is 3.15. The molecule has 0 aromatic carbocycles. The molecule has 3 heteroatoms. The van der Waals surface area contributed by atoms with E-state index in [4.69, 9.17) is 0 Å². The van der Waals surface area contributed by atoms with Crippen LogP contribution in [-0.2, 0) is 4.79 Å². The molecule has 80 valence electrons. The first-order valence-electron chi connectivity index (χ1n) is 4.95. The summed E-state index contributed by atoms with van der Waals surface area (Å²) in [6.45, 7) is 10.2. The predicted molar refractivity (Wildman–Crippen MR) is 67.2 cm³/mol. The first kappa shape index (κ1) is 12.2. The summed E-state index contributed by atoms with van der Waals surface area (Å²) in [6, 6.07) is 0. The molecule has 0 aliphatic carbocycles. The van der Waals surface area contributed by atoms with Gasteiger partial charge < -0.3 is 0 Å². The number of hydrogen-bond acceptors (Lipinski definition) is 3. The van der Waals surface area contributed by atoms with Crippen LogP contribution < -0.4 is 0 Å². The van der Waals surface area contributed by atoms with E-state index < -0.39 is 0 Å². The molecule has 14 heavy (non-hydrogen) atoms. The molecule has 1 heterocycles. The van der Waals surface area contributed by atoms with Gasteiger partial charge in [0.2, 0.25) is 0 Å². The molecule has 1 fully saturated rings. The fraction of sp³-hybridized carbons (Fsp3) is 0.727. The second-order valence-electron chi connectivity index (χ2n) is 3.97. The zero-order valence-electron chi connectivity index (χ0n) is 9.08. The lowest BCUT2D eigenvalue weighted by atomic mass is 10.1. The molecule has 0 spiro atoms. The third kappa shape index (κ3) is 3.35. The molecule has 0 bridgehead atoms. The van der Waals surface area contributed by atoms with Gasteiger partial charge >= 0.3 is 0 Å². The average molecular weight is 230 g/mol. The third-order valence-corrected chi connectivity index (χ3v) is 5.82. The van der Waals surface area contributed by atoms with Crippen LogP contribution in [0.25, 0.3) is 0 Å². The minimum atomic E-state index is 0.197. The third-order valence-electron chi connectivity index (χ3n) is 2.39. The molecule has 1 rings (SSSR count). The Kier molecular flexibility index (Phi) is 4.58. The molecule has 0 aromatic rings. The molecule has 1 aliphatic rings. The number of carbonyl (C=O) groups is 1. The largest absolute Gasteiger partial charge is 0.298 e. The van der Waals surface area contributed by atoms with Gasteiger partial charge in [0.25, 0.3) is 0 Å². The van der Waals surface area contributed by atoms with Crippen molar-refractivity contribution in [1.82, 2.24) is 0 Å². The number of ketones is 1. The summed E-state index contributed by atoms with van der Waals surface area (Å²) in [5.74, 6) is 1.33. The van der Waals surface area contributed by atoms with E-state index in [9.17, 15) is 4.79 Å². The van der Waals surface area contributed by atoms with Crippen LogP contribution in [0.2, 0.25) is 0 Å². The quantitative estimate of drug-likeness (QED) is 0.693. The standard InChI is InChI=1S/C11H18OS2/c1-7(2)5-10(12)11-6-13-8(3)9(4)14-11/h8-9,11H,1,5-6H2,2-4H3.